The highest BCUT2D eigenvalue weighted by Gasteiger charge is 2.23. The van der Waals surface area contributed by atoms with Crippen LogP contribution in [-0.4, -0.2) is 32.3 Å². The fourth-order valence-electron chi connectivity index (χ4n) is 1.46. The SMILES string of the molecule is CCC(C)N(C)C(=O)c1cc(S(=O)(=O)Cl)c(C)s1. The lowest BCUT2D eigenvalue weighted by atomic mass is 10.2. The van der Waals surface area contributed by atoms with E-state index >= 15 is 0 Å². The summed E-state index contributed by atoms with van der Waals surface area (Å²) in [6, 6.07) is 1.46. The number of amides is 1. The highest BCUT2D eigenvalue weighted by atomic mass is 35.7. The van der Waals surface area contributed by atoms with E-state index in [0.29, 0.717) is 9.75 Å². The molecule has 0 saturated heterocycles. The first-order valence-electron chi connectivity index (χ1n) is 5.50. The molecule has 7 heteroatoms. The van der Waals surface area contributed by atoms with Crippen LogP contribution in [0.3, 0.4) is 0 Å². The van der Waals surface area contributed by atoms with Gasteiger partial charge >= 0.3 is 0 Å². The molecule has 0 aliphatic rings. The number of halogens is 1. The topological polar surface area (TPSA) is 54.5 Å². The van der Waals surface area contributed by atoms with Crippen molar-refractivity contribution in [2.24, 2.45) is 0 Å². The Morgan fingerprint density at radius 1 is 1.56 bits per heavy atom. The Labute approximate surface area is 116 Å². The van der Waals surface area contributed by atoms with Gasteiger partial charge in [-0.2, -0.15) is 0 Å². The molecular formula is C11H16ClNO3S2. The van der Waals surface area contributed by atoms with Crippen molar-refractivity contribution in [3.63, 3.8) is 0 Å². The van der Waals surface area contributed by atoms with E-state index < -0.39 is 9.05 Å². The van der Waals surface area contributed by atoms with E-state index in [0.717, 1.165) is 17.8 Å². The molecule has 0 aliphatic heterocycles. The molecule has 0 spiro atoms. The summed E-state index contributed by atoms with van der Waals surface area (Å²) >= 11 is 1.15. The number of rotatable bonds is 4. The maximum Gasteiger partial charge on any atom is 0.263 e. The number of aryl methyl sites for hydroxylation is 1. The second-order valence-electron chi connectivity index (χ2n) is 4.14. The minimum Gasteiger partial charge on any atom is -0.338 e. The maximum absolute atomic E-state index is 12.1. The predicted molar refractivity (Wildman–Crippen MR) is 73.9 cm³/mol. The zero-order valence-corrected chi connectivity index (χ0v) is 13.1. The zero-order valence-electron chi connectivity index (χ0n) is 10.7. The average molecular weight is 310 g/mol. The number of hydrogen-bond donors (Lipinski definition) is 0. The van der Waals surface area contributed by atoms with E-state index in [1.165, 1.54) is 6.07 Å². The van der Waals surface area contributed by atoms with Gasteiger partial charge in [0.15, 0.2) is 0 Å². The van der Waals surface area contributed by atoms with Gasteiger partial charge in [0.1, 0.15) is 0 Å². The summed E-state index contributed by atoms with van der Waals surface area (Å²) in [7, 11) is 3.23. The molecule has 1 atom stereocenters. The van der Waals surface area contributed by atoms with Crippen LogP contribution in [-0.2, 0) is 9.05 Å². The first-order chi connectivity index (χ1) is 8.18. The van der Waals surface area contributed by atoms with Crippen molar-refractivity contribution in [3.8, 4) is 0 Å². The van der Waals surface area contributed by atoms with Crippen molar-refractivity contribution in [3.05, 3.63) is 15.8 Å². The van der Waals surface area contributed by atoms with Gasteiger partial charge in [0.05, 0.1) is 9.77 Å². The second-order valence-corrected chi connectivity index (χ2v) is 7.93. The van der Waals surface area contributed by atoms with Gasteiger partial charge in [0.25, 0.3) is 15.0 Å². The van der Waals surface area contributed by atoms with Gasteiger partial charge in [-0.05, 0) is 26.3 Å². The van der Waals surface area contributed by atoms with Crippen molar-refractivity contribution >= 4 is 37.0 Å². The first-order valence-corrected chi connectivity index (χ1v) is 8.63. The molecule has 1 aromatic heterocycles. The fraction of sp³-hybridized carbons (Fsp3) is 0.545. The Balaban J connectivity index is 3.10. The monoisotopic (exact) mass is 309 g/mol. The van der Waals surface area contributed by atoms with Gasteiger partial charge in [-0.25, -0.2) is 8.42 Å². The van der Waals surface area contributed by atoms with Crippen LogP contribution in [0.4, 0.5) is 0 Å². The van der Waals surface area contributed by atoms with Gasteiger partial charge < -0.3 is 4.90 Å². The summed E-state index contributed by atoms with van der Waals surface area (Å²) < 4.78 is 22.6. The molecule has 0 fully saturated rings. The fourth-order valence-corrected chi connectivity index (χ4v) is 4.11. The lowest BCUT2D eigenvalue weighted by Crippen LogP contribution is -2.34. The van der Waals surface area contributed by atoms with E-state index in [1.807, 2.05) is 13.8 Å². The van der Waals surface area contributed by atoms with E-state index in [2.05, 4.69) is 0 Å². The quantitative estimate of drug-likeness (QED) is 0.804. The van der Waals surface area contributed by atoms with Crippen LogP contribution < -0.4 is 0 Å². The maximum atomic E-state index is 12.1. The van der Waals surface area contributed by atoms with Crippen molar-refractivity contribution in [1.82, 2.24) is 4.90 Å². The Bertz CT molecular complexity index is 551. The molecule has 0 radical (unpaired) electrons. The molecule has 1 amide bonds. The highest BCUT2D eigenvalue weighted by Crippen LogP contribution is 2.29. The average Bonchev–Trinajstić information content (AvgIpc) is 2.68. The molecular weight excluding hydrogens is 294 g/mol. The van der Waals surface area contributed by atoms with E-state index in [4.69, 9.17) is 10.7 Å². The van der Waals surface area contributed by atoms with E-state index in [9.17, 15) is 13.2 Å². The smallest absolute Gasteiger partial charge is 0.263 e. The number of thiophene rings is 1. The summed E-state index contributed by atoms with van der Waals surface area (Å²) in [5, 5.41) is 0. The van der Waals surface area contributed by atoms with Crippen molar-refractivity contribution in [2.45, 2.75) is 38.1 Å². The highest BCUT2D eigenvalue weighted by molar-refractivity contribution is 8.13. The van der Waals surface area contributed by atoms with Crippen molar-refractivity contribution < 1.29 is 13.2 Å². The van der Waals surface area contributed by atoms with Gasteiger partial charge in [-0.1, -0.05) is 6.92 Å². The van der Waals surface area contributed by atoms with Gasteiger partial charge in [-0.3, -0.25) is 4.79 Å². The van der Waals surface area contributed by atoms with E-state index in [-0.39, 0.29) is 16.8 Å². The third-order valence-corrected chi connectivity index (χ3v) is 5.53. The van der Waals surface area contributed by atoms with Crippen LogP contribution in [0.2, 0.25) is 0 Å². The minimum atomic E-state index is -3.79. The first kappa shape index (κ1) is 15.5. The minimum absolute atomic E-state index is 0.0232. The van der Waals surface area contributed by atoms with Gasteiger partial charge in [-0.15, -0.1) is 11.3 Å². The Kier molecular flexibility index (Phi) is 4.80. The lowest BCUT2D eigenvalue weighted by molar-refractivity contribution is 0.0745. The summed E-state index contributed by atoms with van der Waals surface area (Å²) in [5.74, 6) is -0.177. The molecule has 1 rings (SSSR count). The summed E-state index contributed by atoms with van der Waals surface area (Å²) in [4.78, 5) is 14.7. The third-order valence-electron chi connectivity index (χ3n) is 2.92. The van der Waals surface area contributed by atoms with Crippen LogP contribution in [0, 0.1) is 6.92 Å². The largest absolute Gasteiger partial charge is 0.338 e. The summed E-state index contributed by atoms with van der Waals surface area (Å²) in [6.45, 7) is 5.57. The van der Waals surface area contributed by atoms with Crippen LogP contribution in [0.1, 0.15) is 34.8 Å². The van der Waals surface area contributed by atoms with Gasteiger partial charge in [0, 0.05) is 28.6 Å². The zero-order chi connectivity index (χ0) is 14.1. The second kappa shape index (κ2) is 5.59. The molecule has 0 aromatic carbocycles. The number of hydrogen-bond acceptors (Lipinski definition) is 4. The normalized spacial score (nSPS) is 13.4. The molecule has 0 bridgehead atoms. The molecule has 0 N–H and O–H groups in total. The molecule has 1 heterocycles. The van der Waals surface area contributed by atoms with Gasteiger partial charge in [0.2, 0.25) is 0 Å². The van der Waals surface area contributed by atoms with Crippen LogP contribution in [0.25, 0.3) is 0 Å². The molecule has 1 unspecified atom stereocenters. The Hall–Kier alpha value is -0.590. The molecule has 102 valence electrons. The standard InChI is InChI=1S/C11H16ClNO3S2/c1-5-7(2)13(4)11(14)9-6-10(8(3)17-9)18(12,15)16/h6-7H,5H2,1-4H3. The van der Waals surface area contributed by atoms with Crippen LogP contribution in [0.5, 0.6) is 0 Å². The summed E-state index contributed by atoms with van der Waals surface area (Å²) in [5.41, 5.74) is 0. The third kappa shape index (κ3) is 3.24. The number of carbonyl (C=O) groups excluding carboxylic acids is 1. The van der Waals surface area contributed by atoms with Crippen LogP contribution in [0.15, 0.2) is 11.0 Å². The Morgan fingerprint density at radius 3 is 2.50 bits per heavy atom. The number of nitrogens with zero attached hydrogens (tertiary/aromatic N) is 1. The Morgan fingerprint density at radius 2 is 2.11 bits per heavy atom. The molecule has 18 heavy (non-hydrogen) atoms. The number of carbonyl (C=O) groups is 1. The van der Waals surface area contributed by atoms with Crippen molar-refractivity contribution in [1.29, 1.82) is 0 Å². The molecule has 4 nitrogen and oxygen atoms in total. The molecule has 0 aliphatic carbocycles. The lowest BCUT2D eigenvalue weighted by Gasteiger charge is -2.22. The molecule has 1 aromatic rings. The van der Waals surface area contributed by atoms with E-state index in [1.54, 1.807) is 18.9 Å². The predicted octanol–water partition coefficient (Wildman–Crippen LogP) is 2.85. The van der Waals surface area contributed by atoms with Crippen LogP contribution >= 0.6 is 22.0 Å². The molecule has 0 saturated carbocycles. The summed E-state index contributed by atoms with van der Waals surface area (Å²) in [6.07, 6.45) is 0.841. The van der Waals surface area contributed by atoms with Crippen molar-refractivity contribution in [2.75, 3.05) is 7.05 Å².